The molecule has 1 saturated carbocycles. The third-order valence-corrected chi connectivity index (χ3v) is 3.69. The van der Waals surface area contributed by atoms with Gasteiger partial charge in [-0.15, -0.1) is 0 Å². The number of aliphatic hydroxyl groups excluding tert-OH is 1. The summed E-state index contributed by atoms with van der Waals surface area (Å²) in [4.78, 5) is 14.0. The molecule has 1 fully saturated rings. The summed E-state index contributed by atoms with van der Waals surface area (Å²) in [5.41, 5.74) is 0.119. The fourth-order valence-corrected chi connectivity index (χ4v) is 2.43. The first-order chi connectivity index (χ1) is 10.1. The van der Waals surface area contributed by atoms with Crippen LogP contribution in [0.3, 0.4) is 0 Å². The highest BCUT2D eigenvalue weighted by Crippen LogP contribution is 2.24. The molecule has 116 valence electrons. The van der Waals surface area contributed by atoms with E-state index >= 15 is 0 Å². The van der Waals surface area contributed by atoms with E-state index in [2.05, 4.69) is 5.32 Å². The van der Waals surface area contributed by atoms with E-state index in [1.165, 1.54) is 0 Å². The van der Waals surface area contributed by atoms with Crippen molar-refractivity contribution < 1.29 is 18.7 Å². The topological polar surface area (TPSA) is 52.6 Å². The highest BCUT2D eigenvalue weighted by molar-refractivity contribution is 5.92. The predicted octanol–water partition coefficient (Wildman–Crippen LogP) is 2.14. The maximum Gasteiger partial charge on any atom is 0.238 e. The average molecular weight is 298 g/mol. The van der Waals surface area contributed by atoms with Crippen LogP contribution in [0.25, 0.3) is 0 Å². The number of rotatable bonds is 7. The Hall–Kier alpha value is -1.53. The second kappa shape index (κ2) is 7.47. The van der Waals surface area contributed by atoms with Crippen LogP contribution in [0.1, 0.15) is 25.7 Å². The van der Waals surface area contributed by atoms with E-state index in [-0.39, 0.29) is 24.7 Å². The van der Waals surface area contributed by atoms with Crippen molar-refractivity contribution in [2.75, 3.05) is 25.0 Å². The molecule has 0 aliphatic heterocycles. The SMILES string of the molecule is O=C(CN(CCCO)C1CCC1)Nc1cc(F)cc(F)c1. The van der Waals surface area contributed by atoms with Gasteiger partial charge in [0.05, 0.1) is 6.54 Å². The van der Waals surface area contributed by atoms with Gasteiger partial charge in [-0.05, 0) is 31.4 Å². The van der Waals surface area contributed by atoms with E-state index in [1.807, 2.05) is 4.90 Å². The molecule has 0 unspecified atom stereocenters. The van der Waals surface area contributed by atoms with Crippen LogP contribution in [0, 0.1) is 11.6 Å². The number of hydrogen-bond acceptors (Lipinski definition) is 3. The van der Waals surface area contributed by atoms with E-state index in [1.54, 1.807) is 0 Å². The molecule has 0 atom stereocenters. The lowest BCUT2D eigenvalue weighted by Crippen LogP contribution is -2.45. The lowest BCUT2D eigenvalue weighted by Gasteiger charge is -2.37. The molecule has 0 heterocycles. The first-order valence-electron chi connectivity index (χ1n) is 7.19. The van der Waals surface area contributed by atoms with E-state index < -0.39 is 11.6 Å². The van der Waals surface area contributed by atoms with Gasteiger partial charge < -0.3 is 10.4 Å². The van der Waals surface area contributed by atoms with Crippen LogP contribution in [0.5, 0.6) is 0 Å². The molecule has 0 aromatic heterocycles. The number of anilines is 1. The van der Waals surface area contributed by atoms with Crippen LogP contribution < -0.4 is 5.32 Å². The molecule has 1 amide bonds. The molecular weight excluding hydrogens is 278 g/mol. The summed E-state index contributed by atoms with van der Waals surface area (Å²) in [5.74, 6) is -1.74. The minimum atomic E-state index is -0.721. The van der Waals surface area contributed by atoms with Crippen molar-refractivity contribution in [3.8, 4) is 0 Å². The molecule has 0 radical (unpaired) electrons. The summed E-state index contributed by atoms with van der Waals surface area (Å²) in [6, 6.07) is 3.30. The Kier molecular flexibility index (Phi) is 5.64. The second-order valence-electron chi connectivity index (χ2n) is 5.34. The lowest BCUT2D eigenvalue weighted by atomic mass is 9.91. The maximum atomic E-state index is 13.1. The van der Waals surface area contributed by atoms with Crippen molar-refractivity contribution in [3.05, 3.63) is 29.8 Å². The van der Waals surface area contributed by atoms with Crippen LogP contribution in [-0.4, -0.2) is 41.7 Å². The average Bonchev–Trinajstić information content (AvgIpc) is 2.32. The highest BCUT2D eigenvalue weighted by atomic mass is 19.1. The van der Waals surface area contributed by atoms with Crippen LogP contribution in [0.2, 0.25) is 0 Å². The first-order valence-corrected chi connectivity index (χ1v) is 7.19. The molecule has 6 heteroatoms. The number of nitrogens with zero attached hydrogens (tertiary/aromatic N) is 1. The van der Waals surface area contributed by atoms with Crippen LogP contribution in [0.4, 0.5) is 14.5 Å². The van der Waals surface area contributed by atoms with Gasteiger partial charge in [0.2, 0.25) is 5.91 Å². The summed E-state index contributed by atoms with van der Waals surface area (Å²) < 4.78 is 26.1. The van der Waals surface area contributed by atoms with Crippen LogP contribution in [0.15, 0.2) is 18.2 Å². The largest absolute Gasteiger partial charge is 0.396 e. The molecular formula is C15H20F2N2O2. The van der Waals surface area contributed by atoms with Crippen LogP contribution >= 0.6 is 0 Å². The molecule has 0 saturated heterocycles. The van der Waals surface area contributed by atoms with Gasteiger partial charge in [0.25, 0.3) is 0 Å². The fraction of sp³-hybridized carbons (Fsp3) is 0.533. The van der Waals surface area contributed by atoms with Crippen molar-refractivity contribution in [1.82, 2.24) is 4.90 Å². The van der Waals surface area contributed by atoms with E-state index in [0.29, 0.717) is 19.0 Å². The third kappa shape index (κ3) is 4.75. The van der Waals surface area contributed by atoms with Crippen LogP contribution in [-0.2, 0) is 4.79 Å². The van der Waals surface area contributed by atoms with Gasteiger partial charge >= 0.3 is 0 Å². The molecule has 0 spiro atoms. The Morgan fingerprint density at radius 1 is 1.29 bits per heavy atom. The molecule has 21 heavy (non-hydrogen) atoms. The number of halogens is 2. The first kappa shape index (κ1) is 15.9. The molecule has 1 aliphatic rings. The van der Waals surface area contributed by atoms with Gasteiger partial charge in [0.15, 0.2) is 0 Å². The molecule has 1 aliphatic carbocycles. The fourth-order valence-electron chi connectivity index (χ4n) is 2.43. The summed E-state index contributed by atoms with van der Waals surface area (Å²) in [5, 5.41) is 11.4. The Morgan fingerprint density at radius 3 is 2.48 bits per heavy atom. The highest BCUT2D eigenvalue weighted by Gasteiger charge is 2.26. The van der Waals surface area contributed by atoms with Gasteiger partial charge in [-0.25, -0.2) is 8.78 Å². The number of carbonyl (C=O) groups is 1. The van der Waals surface area contributed by atoms with E-state index in [0.717, 1.165) is 37.5 Å². The zero-order valence-corrected chi connectivity index (χ0v) is 11.8. The summed E-state index contributed by atoms with van der Waals surface area (Å²) >= 11 is 0. The quantitative estimate of drug-likeness (QED) is 0.811. The molecule has 2 N–H and O–H groups in total. The Bertz CT molecular complexity index is 472. The number of hydrogen-bond donors (Lipinski definition) is 2. The minimum absolute atomic E-state index is 0.0833. The van der Waals surface area contributed by atoms with Crippen molar-refractivity contribution >= 4 is 11.6 Å². The summed E-state index contributed by atoms with van der Waals surface area (Å²) in [7, 11) is 0. The van der Waals surface area contributed by atoms with E-state index in [9.17, 15) is 13.6 Å². The molecule has 0 bridgehead atoms. The van der Waals surface area contributed by atoms with Crippen molar-refractivity contribution in [3.63, 3.8) is 0 Å². The Labute approximate surface area is 122 Å². The zero-order chi connectivity index (χ0) is 15.2. The lowest BCUT2D eigenvalue weighted by molar-refractivity contribution is -0.118. The molecule has 1 aromatic carbocycles. The maximum absolute atomic E-state index is 13.1. The monoisotopic (exact) mass is 298 g/mol. The Balaban J connectivity index is 1.91. The van der Waals surface area contributed by atoms with Gasteiger partial charge in [-0.1, -0.05) is 6.42 Å². The van der Waals surface area contributed by atoms with Crippen molar-refractivity contribution in [2.45, 2.75) is 31.7 Å². The predicted molar refractivity (Wildman–Crippen MR) is 75.9 cm³/mol. The van der Waals surface area contributed by atoms with Gasteiger partial charge in [0.1, 0.15) is 11.6 Å². The number of nitrogens with one attached hydrogen (secondary N) is 1. The number of aliphatic hydroxyl groups is 1. The zero-order valence-electron chi connectivity index (χ0n) is 11.8. The van der Waals surface area contributed by atoms with Gasteiger partial charge in [-0.3, -0.25) is 9.69 Å². The van der Waals surface area contributed by atoms with Gasteiger partial charge in [-0.2, -0.15) is 0 Å². The minimum Gasteiger partial charge on any atom is -0.396 e. The molecule has 2 rings (SSSR count). The normalized spacial score (nSPS) is 15.0. The van der Waals surface area contributed by atoms with Gasteiger partial charge in [0, 0.05) is 30.9 Å². The molecule has 4 nitrogen and oxygen atoms in total. The molecule has 1 aromatic rings. The van der Waals surface area contributed by atoms with E-state index in [4.69, 9.17) is 5.11 Å². The van der Waals surface area contributed by atoms with Crippen molar-refractivity contribution in [1.29, 1.82) is 0 Å². The van der Waals surface area contributed by atoms with Crippen molar-refractivity contribution in [2.24, 2.45) is 0 Å². The standard InChI is InChI=1S/C15H20F2N2O2/c16-11-7-12(17)9-13(8-11)18-15(21)10-19(5-2-6-20)14-3-1-4-14/h7-9,14,20H,1-6,10H2,(H,18,21). The number of amides is 1. The number of benzene rings is 1. The summed E-state index contributed by atoms with van der Waals surface area (Å²) in [6.45, 7) is 0.898. The second-order valence-corrected chi connectivity index (χ2v) is 5.34. The Morgan fingerprint density at radius 2 is 1.95 bits per heavy atom. The number of carbonyl (C=O) groups excluding carboxylic acids is 1. The third-order valence-electron chi connectivity index (χ3n) is 3.69. The summed E-state index contributed by atoms with van der Waals surface area (Å²) in [6.07, 6.45) is 3.86. The smallest absolute Gasteiger partial charge is 0.238 e.